The lowest BCUT2D eigenvalue weighted by Crippen LogP contribution is -2.28. The molecule has 0 heterocycles. The van der Waals surface area contributed by atoms with E-state index in [2.05, 4.69) is 5.32 Å². The van der Waals surface area contributed by atoms with E-state index in [1.807, 2.05) is 0 Å². The molecule has 0 bridgehead atoms. The first-order valence-electron chi connectivity index (χ1n) is 6.30. The number of anilines is 1. The van der Waals surface area contributed by atoms with Gasteiger partial charge in [0.1, 0.15) is 0 Å². The van der Waals surface area contributed by atoms with E-state index >= 15 is 0 Å². The predicted octanol–water partition coefficient (Wildman–Crippen LogP) is 2.46. The minimum atomic E-state index is -3.23. The van der Waals surface area contributed by atoms with Gasteiger partial charge in [-0.3, -0.25) is 0 Å². The smallest absolute Gasteiger partial charge is 0.175 e. The summed E-state index contributed by atoms with van der Waals surface area (Å²) in [6, 6.07) is 4.91. The Morgan fingerprint density at radius 3 is 2.47 bits per heavy atom. The Labute approximate surface area is 118 Å². The number of rotatable bonds is 3. The Morgan fingerprint density at radius 1 is 1.26 bits per heavy atom. The van der Waals surface area contributed by atoms with E-state index < -0.39 is 9.84 Å². The van der Waals surface area contributed by atoms with Crippen LogP contribution in [0.3, 0.4) is 0 Å². The summed E-state index contributed by atoms with van der Waals surface area (Å²) in [7, 11) is -3.23. The molecular weight excluding hydrogens is 286 g/mol. The molecule has 19 heavy (non-hydrogen) atoms. The molecule has 2 N–H and O–H groups in total. The third-order valence-electron chi connectivity index (χ3n) is 3.42. The van der Waals surface area contributed by atoms with E-state index in [-0.39, 0.29) is 17.0 Å². The largest absolute Gasteiger partial charge is 0.393 e. The maximum absolute atomic E-state index is 11.5. The molecular formula is C13H18ClNO3S. The van der Waals surface area contributed by atoms with Crippen molar-refractivity contribution in [3.8, 4) is 0 Å². The molecule has 0 aromatic heterocycles. The van der Waals surface area contributed by atoms with Crippen molar-refractivity contribution in [1.29, 1.82) is 0 Å². The molecule has 1 saturated carbocycles. The number of hydrogen-bond acceptors (Lipinski definition) is 4. The molecule has 1 aliphatic carbocycles. The van der Waals surface area contributed by atoms with Crippen LogP contribution in [0.4, 0.5) is 5.69 Å². The zero-order valence-corrected chi connectivity index (χ0v) is 12.3. The highest BCUT2D eigenvalue weighted by Crippen LogP contribution is 2.29. The molecule has 2 rings (SSSR count). The average molecular weight is 304 g/mol. The van der Waals surface area contributed by atoms with Gasteiger partial charge < -0.3 is 10.4 Å². The molecule has 1 aliphatic rings. The molecule has 0 atom stereocenters. The number of aliphatic hydroxyl groups excluding tert-OH is 1. The van der Waals surface area contributed by atoms with Gasteiger partial charge in [-0.25, -0.2) is 8.42 Å². The summed E-state index contributed by atoms with van der Waals surface area (Å²) in [4.78, 5) is 0.259. The van der Waals surface area contributed by atoms with Gasteiger partial charge in [0.25, 0.3) is 0 Å². The molecule has 0 saturated heterocycles. The average Bonchev–Trinajstić information content (AvgIpc) is 2.33. The van der Waals surface area contributed by atoms with Crippen molar-refractivity contribution in [2.24, 2.45) is 0 Å². The lowest BCUT2D eigenvalue weighted by molar-refractivity contribution is 0.126. The molecule has 0 spiro atoms. The summed E-state index contributed by atoms with van der Waals surface area (Å²) >= 11 is 6.09. The molecule has 0 radical (unpaired) electrons. The maximum atomic E-state index is 11.5. The molecule has 0 amide bonds. The summed E-state index contributed by atoms with van der Waals surface area (Å²) in [5.74, 6) is 0. The summed E-state index contributed by atoms with van der Waals surface area (Å²) in [5.41, 5.74) is 0.644. The van der Waals surface area contributed by atoms with Crippen LogP contribution < -0.4 is 5.32 Å². The van der Waals surface area contributed by atoms with Crippen molar-refractivity contribution in [2.75, 3.05) is 11.6 Å². The Bertz CT molecular complexity index is 551. The third kappa shape index (κ3) is 3.84. The summed E-state index contributed by atoms with van der Waals surface area (Å²) < 4.78 is 23.1. The quantitative estimate of drug-likeness (QED) is 0.900. The van der Waals surface area contributed by atoms with Crippen LogP contribution in [-0.4, -0.2) is 31.9 Å². The van der Waals surface area contributed by atoms with Gasteiger partial charge in [-0.2, -0.15) is 0 Å². The monoisotopic (exact) mass is 303 g/mol. The minimum Gasteiger partial charge on any atom is -0.393 e. The van der Waals surface area contributed by atoms with Crippen LogP contribution in [-0.2, 0) is 9.84 Å². The molecule has 4 nitrogen and oxygen atoms in total. The lowest BCUT2D eigenvalue weighted by Gasteiger charge is -2.27. The van der Waals surface area contributed by atoms with Gasteiger partial charge >= 0.3 is 0 Å². The van der Waals surface area contributed by atoms with Crippen LogP contribution in [0.15, 0.2) is 23.1 Å². The maximum Gasteiger partial charge on any atom is 0.175 e. The first kappa shape index (κ1) is 14.6. The normalized spacial score (nSPS) is 24.2. The van der Waals surface area contributed by atoms with Crippen molar-refractivity contribution < 1.29 is 13.5 Å². The van der Waals surface area contributed by atoms with Crippen LogP contribution in [0.5, 0.6) is 0 Å². The second-order valence-corrected chi connectivity index (χ2v) is 7.49. The van der Waals surface area contributed by atoms with Crippen molar-refractivity contribution in [1.82, 2.24) is 0 Å². The SMILES string of the molecule is CS(=O)(=O)c1ccc(Cl)c(NC2CCC(O)CC2)c1. The van der Waals surface area contributed by atoms with Crippen molar-refractivity contribution >= 4 is 27.1 Å². The molecule has 1 aromatic rings. The fourth-order valence-electron chi connectivity index (χ4n) is 2.29. The topological polar surface area (TPSA) is 66.4 Å². The Morgan fingerprint density at radius 2 is 1.89 bits per heavy atom. The highest BCUT2D eigenvalue weighted by Gasteiger charge is 2.20. The van der Waals surface area contributed by atoms with E-state index in [1.165, 1.54) is 12.3 Å². The van der Waals surface area contributed by atoms with E-state index in [4.69, 9.17) is 11.6 Å². The van der Waals surface area contributed by atoms with Gasteiger partial charge in [0.2, 0.25) is 0 Å². The van der Waals surface area contributed by atoms with Crippen molar-refractivity contribution in [3.05, 3.63) is 23.2 Å². The van der Waals surface area contributed by atoms with Crippen molar-refractivity contribution in [3.63, 3.8) is 0 Å². The van der Waals surface area contributed by atoms with Crippen LogP contribution in [0.1, 0.15) is 25.7 Å². The van der Waals surface area contributed by atoms with Crippen molar-refractivity contribution in [2.45, 2.75) is 42.7 Å². The first-order chi connectivity index (χ1) is 8.86. The van der Waals surface area contributed by atoms with Crippen LogP contribution in [0, 0.1) is 0 Å². The second-order valence-electron chi connectivity index (χ2n) is 5.06. The van der Waals surface area contributed by atoms with Gasteiger partial charge in [0.15, 0.2) is 9.84 Å². The number of sulfone groups is 1. The first-order valence-corrected chi connectivity index (χ1v) is 8.57. The van der Waals surface area contributed by atoms with Gasteiger partial charge in [0.05, 0.1) is 21.7 Å². The van der Waals surface area contributed by atoms with Gasteiger partial charge in [-0.1, -0.05) is 11.6 Å². The highest BCUT2D eigenvalue weighted by molar-refractivity contribution is 7.90. The highest BCUT2D eigenvalue weighted by atomic mass is 35.5. The molecule has 0 aliphatic heterocycles. The van der Waals surface area contributed by atoms with E-state index in [1.54, 1.807) is 12.1 Å². The number of benzene rings is 1. The van der Waals surface area contributed by atoms with Crippen LogP contribution in [0.25, 0.3) is 0 Å². The molecule has 0 unspecified atom stereocenters. The molecule has 1 aromatic carbocycles. The van der Waals surface area contributed by atoms with Crippen LogP contribution >= 0.6 is 11.6 Å². The Balaban J connectivity index is 2.16. The van der Waals surface area contributed by atoms with Gasteiger partial charge in [0, 0.05) is 12.3 Å². The summed E-state index contributed by atoms with van der Waals surface area (Å²) in [6.07, 6.45) is 4.22. The minimum absolute atomic E-state index is 0.212. The molecule has 106 valence electrons. The Kier molecular flexibility index (Phi) is 4.38. The molecule has 1 fully saturated rings. The number of halogens is 1. The standard InChI is InChI=1S/C13H18ClNO3S/c1-19(17,18)11-6-7-12(14)13(8-11)15-9-2-4-10(16)5-3-9/h6-10,15-16H,2-5H2,1H3. The fourth-order valence-corrected chi connectivity index (χ4v) is 3.10. The number of hydrogen-bond donors (Lipinski definition) is 2. The zero-order valence-electron chi connectivity index (χ0n) is 10.8. The lowest BCUT2D eigenvalue weighted by atomic mass is 9.93. The number of nitrogens with one attached hydrogen (secondary N) is 1. The summed E-state index contributed by atoms with van der Waals surface area (Å²) in [5, 5.41) is 13.3. The van der Waals surface area contributed by atoms with E-state index in [0.29, 0.717) is 10.7 Å². The second kappa shape index (κ2) is 5.69. The molecule has 6 heteroatoms. The third-order valence-corrected chi connectivity index (χ3v) is 4.86. The van der Waals surface area contributed by atoms with Gasteiger partial charge in [-0.15, -0.1) is 0 Å². The predicted molar refractivity (Wildman–Crippen MR) is 76.4 cm³/mol. The van der Waals surface area contributed by atoms with E-state index in [0.717, 1.165) is 25.7 Å². The van der Waals surface area contributed by atoms with Gasteiger partial charge in [-0.05, 0) is 43.9 Å². The Hall–Kier alpha value is -0.780. The van der Waals surface area contributed by atoms with Crippen LogP contribution in [0.2, 0.25) is 5.02 Å². The number of aliphatic hydroxyl groups is 1. The summed E-state index contributed by atoms with van der Waals surface area (Å²) in [6.45, 7) is 0. The van der Waals surface area contributed by atoms with E-state index in [9.17, 15) is 13.5 Å². The fraction of sp³-hybridized carbons (Fsp3) is 0.538. The zero-order chi connectivity index (χ0) is 14.0.